The van der Waals surface area contributed by atoms with Crippen LogP contribution in [-0.4, -0.2) is 10.9 Å². The van der Waals surface area contributed by atoms with Gasteiger partial charge in [-0.2, -0.15) is 0 Å². The Morgan fingerprint density at radius 3 is 2.64 bits per heavy atom. The van der Waals surface area contributed by atoms with Gasteiger partial charge in [0.25, 0.3) is 5.91 Å². The molecule has 1 aliphatic heterocycles. The van der Waals surface area contributed by atoms with E-state index in [0.29, 0.717) is 27.0 Å². The van der Waals surface area contributed by atoms with Crippen molar-refractivity contribution in [3.8, 4) is 0 Å². The minimum absolute atomic E-state index is 0.0840. The lowest BCUT2D eigenvalue weighted by Gasteiger charge is -2.27. The molecule has 0 fully saturated rings. The third-order valence-corrected chi connectivity index (χ3v) is 4.95. The van der Waals surface area contributed by atoms with Crippen LogP contribution in [0.5, 0.6) is 0 Å². The zero-order chi connectivity index (χ0) is 17.4. The predicted molar refractivity (Wildman–Crippen MR) is 100 cm³/mol. The van der Waals surface area contributed by atoms with Gasteiger partial charge in [-0.25, -0.2) is 0 Å². The molecule has 1 N–H and O–H groups in total. The monoisotopic (exact) mass is 369 g/mol. The van der Waals surface area contributed by atoms with E-state index < -0.39 is 6.17 Å². The van der Waals surface area contributed by atoms with Gasteiger partial charge in [0.1, 0.15) is 6.17 Å². The van der Waals surface area contributed by atoms with E-state index in [1.165, 1.54) is 0 Å². The summed E-state index contributed by atoms with van der Waals surface area (Å²) in [6.45, 7) is 0. The number of hydrogen-bond acceptors (Lipinski definition) is 3. The second kappa shape index (κ2) is 6.39. The van der Waals surface area contributed by atoms with E-state index in [9.17, 15) is 4.79 Å². The number of nitrogens with one attached hydrogen (secondary N) is 1. The van der Waals surface area contributed by atoms with E-state index in [-0.39, 0.29) is 5.91 Å². The number of benzene rings is 2. The maximum atomic E-state index is 12.9. The highest BCUT2D eigenvalue weighted by atomic mass is 35.5. The first-order chi connectivity index (χ1) is 12.2. The van der Waals surface area contributed by atoms with Gasteiger partial charge < -0.3 is 5.32 Å². The van der Waals surface area contributed by atoms with E-state index in [1.807, 2.05) is 42.5 Å². The minimum atomic E-state index is -0.399. The molecule has 2 heterocycles. The van der Waals surface area contributed by atoms with E-state index in [0.717, 1.165) is 5.56 Å². The molecule has 1 aromatic heterocycles. The second-order valence-electron chi connectivity index (χ2n) is 5.62. The van der Waals surface area contributed by atoms with Crippen LogP contribution in [0, 0.1) is 0 Å². The standard InChI is InChI=1S/C19H13Cl2N3O/c20-15-8-3-9-16(17(15)21)23-18-13-6-1-2-7-14(13)19(25)24(18)12-5-4-10-22-11-12/h1-11,18,23H/t18-/m0/s1. The molecule has 0 aliphatic carbocycles. The van der Waals surface area contributed by atoms with Gasteiger partial charge in [0.15, 0.2) is 0 Å². The van der Waals surface area contributed by atoms with Crippen LogP contribution in [0.1, 0.15) is 22.1 Å². The molecule has 4 nitrogen and oxygen atoms in total. The number of fused-ring (bicyclic) bond motifs is 1. The first-order valence-electron chi connectivity index (χ1n) is 7.70. The van der Waals surface area contributed by atoms with Crippen molar-refractivity contribution in [2.75, 3.05) is 10.2 Å². The lowest BCUT2D eigenvalue weighted by Crippen LogP contribution is -2.32. The molecule has 2 aromatic carbocycles. The van der Waals surface area contributed by atoms with Crippen molar-refractivity contribution in [1.29, 1.82) is 0 Å². The quantitative estimate of drug-likeness (QED) is 0.693. The van der Waals surface area contributed by atoms with Gasteiger partial charge in [-0.05, 0) is 30.3 Å². The maximum absolute atomic E-state index is 12.9. The smallest absolute Gasteiger partial charge is 0.260 e. The maximum Gasteiger partial charge on any atom is 0.260 e. The van der Waals surface area contributed by atoms with E-state index >= 15 is 0 Å². The van der Waals surface area contributed by atoms with Crippen molar-refractivity contribution in [3.63, 3.8) is 0 Å². The minimum Gasteiger partial charge on any atom is -0.360 e. The third-order valence-electron chi connectivity index (χ3n) is 4.13. The summed E-state index contributed by atoms with van der Waals surface area (Å²) in [6, 6.07) is 16.5. The van der Waals surface area contributed by atoms with Gasteiger partial charge in [-0.15, -0.1) is 0 Å². The van der Waals surface area contributed by atoms with Crippen molar-refractivity contribution < 1.29 is 4.79 Å². The summed E-state index contributed by atoms with van der Waals surface area (Å²) in [5, 5.41) is 4.23. The van der Waals surface area contributed by atoms with Crippen LogP contribution in [0.15, 0.2) is 67.0 Å². The summed E-state index contributed by atoms with van der Waals surface area (Å²) in [5.74, 6) is -0.0840. The molecule has 25 heavy (non-hydrogen) atoms. The number of amides is 1. The van der Waals surface area contributed by atoms with E-state index in [4.69, 9.17) is 23.2 Å². The summed E-state index contributed by atoms with van der Waals surface area (Å²) in [6.07, 6.45) is 2.94. The first-order valence-corrected chi connectivity index (χ1v) is 8.45. The molecular formula is C19H13Cl2N3O. The van der Waals surface area contributed by atoms with Crippen molar-refractivity contribution in [3.05, 3.63) is 88.2 Å². The Labute approximate surface area is 155 Å². The second-order valence-corrected chi connectivity index (χ2v) is 6.41. The van der Waals surface area contributed by atoms with Crippen molar-refractivity contribution >= 4 is 40.5 Å². The molecule has 0 saturated heterocycles. The van der Waals surface area contributed by atoms with Crippen molar-refractivity contribution in [2.45, 2.75) is 6.17 Å². The molecule has 124 valence electrons. The topological polar surface area (TPSA) is 45.2 Å². The molecule has 0 unspecified atom stereocenters. The van der Waals surface area contributed by atoms with Crippen molar-refractivity contribution in [2.24, 2.45) is 0 Å². The van der Waals surface area contributed by atoms with Gasteiger partial charge in [0.05, 0.1) is 27.6 Å². The largest absolute Gasteiger partial charge is 0.360 e. The van der Waals surface area contributed by atoms with Crippen LogP contribution >= 0.6 is 23.2 Å². The number of anilines is 2. The molecule has 0 radical (unpaired) electrons. The van der Waals surface area contributed by atoms with Crippen LogP contribution < -0.4 is 10.2 Å². The van der Waals surface area contributed by atoms with Gasteiger partial charge in [-0.3, -0.25) is 14.7 Å². The highest BCUT2D eigenvalue weighted by Crippen LogP contribution is 2.40. The fourth-order valence-electron chi connectivity index (χ4n) is 2.98. The Morgan fingerprint density at radius 2 is 1.84 bits per heavy atom. The molecule has 6 heteroatoms. The number of aromatic nitrogens is 1. The number of halogens is 2. The molecule has 1 aliphatic rings. The van der Waals surface area contributed by atoms with Crippen LogP contribution in [0.4, 0.5) is 11.4 Å². The lowest BCUT2D eigenvalue weighted by atomic mass is 10.1. The summed E-state index contributed by atoms with van der Waals surface area (Å²) in [5.41, 5.74) is 2.91. The number of nitrogens with zero attached hydrogens (tertiary/aromatic N) is 2. The van der Waals surface area contributed by atoms with E-state index in [1.54, 1.807) is 29.4 Å². The summed E-state index contributed by atoms with van der Waals surface area (Å²) >= 11 is 12.4. The predicted octanol–water partition coefficient (Wildman–Crippen LogP) is 5.16. The van der Waals surface area contributed by atoms with E-state index in [2.05, 4.69) is 10.3 Å². The molecular weight excluding hydrogens is 357 g/mol. The van der Waals surface area contributed by atoms with Crippen LogP contribution in [0.3, 0.4) is 0 Å². The fraction of sp³-hybridized carbons (Fsp3) is 0.0526. The SMILES string of the molecule is O=C1c2ccccc2[C@@H](Nc2cccc(Cl)c2Cl)N1c1cccnc1. The van der Waals surface area contributed by atoms with Gasteiger partial charge in [0.2, 0.25) is 0 Å². The average Bonchev–Trinajstić information content (AvgIpc) is 2.92. The van der Waals surface area contributed by atoms with Crippen LogP contribution in [-0.2, 0) is 0 Å². The molecule has 3 aromatic rings. The number of rotatable bonds is 3. The van der Waals surface area contributed by atoms with Crippen LogP contribution in [0.2, 0.25) is 10.0 Å². The van der Waals surface area contributed by atoms with Crippen molar-refractivity contribution in [1.82, 2.24) is 4.98 Å². The van der Waals surface area contributed by atoms with Gasteiger partial charge in [0, 0.05) is 17.3 Å². The number of carbonyl (C=O) groups excluding carboxylic acids is 1. The lowest BCUT2D eigenvalue weighted by molar-refractivity contribution is 0.0993. The summed E-state index contributed by atoms with van der Waals surface area (Å²) in [7, 11) is 0. The Morgan fingerprint density at radius 1 is 1.00 bits per heavy atom. The summed E-state index contributed by atoms with van der Waals surface area (Å²) in [4.78, 5) is 18.8. The third kappa shape index (κ3) is 2.73. The highest BCUT2D eigenvalue weighted by molar-refractivity contribution is 6.43. The molecule has 1 amide bonds. The van der Waals surface area contributed by atoms with Crippen LogP contribution in [0.25, 0.3) is 0 Å². The fourth-order valence-corrected chi connectivity index (χ4v) is 3.34. The molecule has 0 bridgehead atoms. The Kier molecular flexibility index (Phi) is 4.07. The molecule has 0 spiro atoms. The first kappa shape index (κ1) is 15.9. The number of carbonyl (C=O) groups is 1. The molecule has 1 atom stereocenters. The average molecular weight is 370 g/mol. The number of pyridine rings is 1. The Bertz CT molecular complexity index is 946. The zero-order valence-corrected chi connectivity index (χ0v) is 14.5. The van der Waals surface area contributed by atoms with Gasteiger partial charge >= 0.3 is 0 Å². The number of hydrogen-bond donors (Lipinski definition) is 1. The Hall–Kier alpha value is -2.56. The highest BCUT2D eigenvalue weighted by Gasteiger charge is 2.37. The van der Waals surface area contributed by atoms with Gasteiger partial charge in [-0.1, -0.05) is 47.5 Å². The molecule has 4 rings (SSSR count). The summed E-state index contributed by atoms with van der Waals surface area (Å²) < 4.78 is 0. The Balaban J connectivity index is 1.81. The molecule has 0 saturated carbocycles. The normalized spacial score (nSPS) is 16.0. The zero-order valence-electron chi connectivity index (χ0n) is 13.0.